The number of amides is 3. The fourth-order valence-electron chi connectivity index (χ4n) is 2.81. The molecular weight excluding hydrogens is 348 g/mol. The number of nitrogens with one attached hydrogen (secondary N) is 1. The van der Waals surface area contributed by atoms with Gasteiger partial charge >= 0.3 is 0 Å². The summed E-state index contributed by atoms with van der Waals surface area (Å²) in [4.78, 5) is 46.7. The molecule has 1 aliphatic rings. The van der Waals surface area contributed by atoms with E-state index in [1.54, 1.807) is 42.7 Å². The van der Waals surface area contributed by atoms with Crippen molar-refractivity contribution in [3.63, 3.8) is 0 Å². The van der Waals surface area contributed by atoms with Gasteiger partial charge in [-0.1, -0.05) is 12.1 Å². The third-order valence-corrected chi connectivity index (χ3v) is 4.21. The number of imide groups is 1. The van der Waals surface area contributed by atoms with Gasteiger partial charge in [0.15, 0.2) is 0 Å². The number of benzene rings is 1. The molecule has 4 rings (SSSR count). The molecule has 0 spiro atoms. The third kappa shape index (κ3) is 2.84. The van der Waals surface area contributed by atoms with E-state index >= 15 is 0 Å². The molecule has 9 nitrogen and oxygen atoms in total. The van der Waals surface area contributed by atoms with E-state index in [4.69, 9.17) is 0 Å². The van der Waals surface area contributed by atoms with E-state index in [9.17, 15) is 14.4 Å². The van der Waals surface area contributed by atoms with Gasteiger partial charge in [-0.15, -0.1) is 0 Å². The van der Waals surface area contributed by atoms with Crippen molar-refractivity contribution in [2.24, 2.45) is 0 Å². The molecule has 27 heavy (non-hydrogen) atoms. The Morgan fingerprint density at radius 3 is 2.22 bits per heavy atom. The minimum atomic E-state index is -0.983. The highest BCUT2D eigenvalue weighted by atomic mass is 16.2. The number of anilines is 1. The van der Waals surface area contributed by atoms with Crippen molar-refractivity contribution in [2.75, 3.05) is 5.32 Å². The number of hydrogen-bond donors (Lipinski definition) is 1. The van der Waals surface area contributed by atoms with E-state index in [0.29, 0.717) is 22.8 Å². The Kier molecular flexibility index (Phi) is 3.96. The highest BCUT2D eigenvalue weighted by Crippen LogP contribution is 2.24. The van der Waals surface area contributed by atoms with Gasteiger partial charge in [0.1, 0.15) is 6.04 Å². The summed E-state index contributed by atoms with van der Waals surface area (Å²) in [6, 6.07) is 7.25. The lowest BCUT2D eigenvalue weighted by Crippen LogP contribution is -2.45. The van der Waals surface area contributed by atoms with Crippen LogP contribution in [0.4, 0.5) is 5.69 Å². The molecule has 1 atom stereocenters. The average Bonchev–Trinajstić information content (AvgIpc) is 3.30. The molecule has 2 aromatic heterocycles. The molecule has 0 fully saturated rings. The summed E-state index contributed by atoms with van der Waals surface area (Å²) in [5.74, 6) is -1.13. The maximum absolute atomic E-state index is 12.5. The Morgan fingerprint density at radius 2 is 1.67 bits per heavy atom. The second kappa shape index (κ2) is 6.45. The first-order valence-electron chi connectivity index (χ1n) is 8.16. The Balaban J connectivity index is 1.49. The van der Waals surface area contributed by atoms with Crippen LogP contribution in [-0.2, 0) is 4.79 Å². The summed E-state index contributed by atoms with van der Waals surface area (Å²) >= 11 is 0. The van der Waals surface area contributed by atoms with Gasteiger partial charge in [0.25, 0.3) is 17.8 Å². The van der Waals surface area contributed by atoms with E-state index in [2.05, 4.69) is 20.4 Å². The molecule has 3 amide bonds. The lowest BCUT2D eigenvalue weighted by atomic mass is 10.1. The fourth-order valence-corrected chi connectivity index (χ4v) is 2.81. The van der Waals surface area contributed by atoms with Gasteiger partial charge < -0.3 is 5.32 Å². The van der Waals surface area contributed by atoms with E-state index in [-0.39, 0.29) is 0 Å². The minimum Gasteiger partial charge on any atom is -0.322 e. The van der Waals surface area contributed by atoms with Gasteiger partial charge in [-0.05, 0) is 25.1 Å². The molecule has 1 unspecified atom stereocenters. The monoisotopic (exact) mass is 362 g/mol. The van der Waals surface area contributed by atoms with Crippen LogP contribution in [0.2, 0.25) is 0 Å². The largest absolute Gasteiger partial charge is 0.322 e. The molecular formula is C18H14N6O3. The summed E-state index contributed by atoms with van der Waals surface area (Å²) in [6.45, 7) is 1.50. The van der Waals surface area contributed by atoms with Crippen LogP contribution in [0.1, 0.15) is 27.6 Å². The van der Waals surface area contributed by atoms with Gasteiger partial charge in [-0.2, -0.15) is 5.10 Å². The maximum atomic E-state index is 12.5. The first-order chi connectivity index (χ1) is 13.1. The van der Waals surface area contributed by atoms with Crippen molar-refractivity contribution in [3.05, 3.63) is 66.2 Å². The Hall–Kier alpha value is -3.88. The molecule has 1 aromatic carbocycles. The van der Waals surface area contributed by atoms with Gasteiger partial charge in [0.05, 0.1) is 29.2 Å². The number of fused-ring (bicyclic) bond motifs is 1. The number of hydrogen-bond acceptors (Lipinski definition) is 6. The third-order valence-electron chi connectivity index (χ3n) is 4.21. The van der Waals surface area contributed by atoms with Crippen LogP contribution in [0.5, 0.6) is 0 Å². The second-order valence-electron chi connectivity index (χ2n) is 5.91. The Bertz CT molecular complexity index is 995. The van der Waals surface area contributed by atoms with E-state index in [1.165, 1.54) is 24.0 Å². The van der Waals surface area contributed by atoms with E-state index in [0.717, 1.165) is 4.90 Å². The Labute approximate surface area is 153 Å². The van der Waals surface area contributed by atoms with Crippen molar-refractivity contribution in [3.8, 4) is 5.95 Å². The molecule has 3 heterocycles. The predicted octanol–water partition coefficient (Wildman–Crippen LogP) is 1.29. The van der Waals surface area contributed by atoms with Crippen molar-refractivity contribution in [2.45, 2.75) is 13.0 Å². The fraction of sp³-hybridized carbons (Fsp3) is 0.111. The molecule has 0 aliphatic carbocycles. The lowest BCUT2D eigenvalue weighted by molar-refractivity contribution is -0.119. The SMILES string of the molecule is CC(C(=O)Nc1cnc(-n2cccn2)nc1)N1C(=O)c2ccccc2C1=O. The van der Waals surface area contributed by atoms with Crippen LogP contribution >= 0.6 is 0 Å². The zero-order valence-electron chi connectivity index (χ0n) is 14.2. The van der Waals surface area contributed by atoms with Crippen LogP contribution in [-0.4, -0.2) is 48.4 Å². The zero-order valence-corrected chi connectivity index (χ0v) is 14.2. The number of aromatic nitrogens is 4. The Morgan fingerprint density at radius 1 is 1.04 bits per heavy atom. The van der Waals surface area contributed by atoms with Crippen LogP contribution in [0.15, 0.2) is 55.1 Å². The molecule has 134 valence electrons. The molecule has 3 aromatic rings. The molecule has 0 bridgehead atoms. The molecule has 0 saturated carbocycles. The first kappa shape index (κ1) is 16.6. The lowest BCUT2D eigenvalue weighted by Gasteiger charge is -2.21. The van der Waals surface area contributed by atoms with Crippen molar-refractivity contribution < 1.29 is 14.4 Å². The smallest absolute Gasteiger partial charge is 0.262 e. The number of nitrogens with zero attached hydrogens (tertiary/aromatic N) is 5. The highest BCUT2D eigenvalue weighted by Gasteiger charge is 2.40. The molecule has 0 saturated heterocycles. The zero-order chi connectivity index (χ0) is 19.0. The number of carbonyl (C=O) groups excluding carboxylic acids is 3. The van der Waals surface area contributed by atoms with Crippen molar-refractivity contribution in [1.29, 1.82) is 0 Å². The van der Waals surface area contributed by atoms with Crippen molar-refractivity contribution in [1.82, 2.24) is 24.6 Å². The molecule has 1 N–H and O–H groups in total. The molecule has 1 aliphatic heterocycles. The minimum absolute atomic E-state index is 0.300. The van der Waals surface area contributed by atoms with Gasteiger partial charge in [-0.3, -0.25) is 19.3 Å². The topological polar surface area (TPSA) is 110 Å². The highest BCUT2D eigenvalue weighted by molar-refractivity contribution is 6.23. The standard InChI is InChI=1S/C18H14N6O3/c1-11(24-16(26)13-5-2-3-6-14(13)17(24)27)15(25)22-12-9-19-18(20-10-12)23-8-4-7-21-23/h2-11H,1H3,(H,22,25). The summed E-state index contributed by atoms with van der Waals surface area (Å²) in [5.41, 5.74) is 0.947. The summed E-state index contributed by atoms with van der Waals surface area (Å²) in [7, 11) is 0. The van der Waals surface area contributed by atoms with Gasteiger partial charge in [0.2, 0.25) is 5.91 Å². The summed E-state index contributed by atoms with van der Waals surface area (Å²) in [6.07, 6.45) is 6.15. The molecule has 9 heteroatoms. The van der Waals surface area contributed by atoms with Gasteiger partial charge in [0, 0.05) is 12.4 Å². The van der Waals surface area contributed by atoms with Crippen molar-refractivity contribution >= 4 is 23.4 Å². The first-order valence-corrected chi connectivity index (χ1v) is 8.16. The molecule has 0 radical (unpaired) electrons. The van der Waals surface area contributed by atoms with Gasteiger partial charge in [-0.25, -0.2) is 14.6 Å². The van der Waals surface area contributed by atoms with Crippen LogP contribution in [0.3, 0.4) is 0 Å². The maximum Gasteiger partial charge on any atom is 0.262 e. The predicted molar refractivity (Wildman–Crippen MR) is 94.2 cm³/mol. The quantitative estimate of drug-likeness (QED) is 0.700. The van der Waals surface area contributed by atoms with E-state index in [1.807, 2.05) is 0 Å². The van der Waals surface area contributed by atoms with Crippen LogP contribution in [0, 0.1) is 0 Å². The normalized spacial score (nSPS) is 14.2. The summed E-state index contributed by atoms with van der Waals surface area (Å²) in [5, 5.41) is 6.64. The number of carbonyl (C=O) groups is 3. The summed E-state index contributed by atoms with van der Waals surface area (Å²) < 4.78 is 1.48. The van der Waals surface area contributed by atoms with Crippen LogP contribution < -0.4 is 5.32 Å². The second-order valence-corrected chi connectivity index (χ2v) is 5.91. The number of rotatable bonds is 4. The average molecular weight is 362 g/mol. The van der Waals surface area contributed by atoms with Crippen LogP contribution in [0.25, 0.3) is 5.95 Å². The van der Waals surface area contributed by atoms with E-state index < -0.39 is 23.8 Å².